The van der Waals surface area contributed by atoms with Crippen LogP contribution in [0, 0.1) is 5.82 Å². The van der Waals surface area contributed by atoms with Gasteiger partial charge in [-0.1, -0.05) is 12.1 Å². The predicted molar refractivity (Wildman–Crippen MR) is 61.7 cm³/mol. The first kappa shape index (κ1) is 11.6. The molecule has 0 bridgehead atoms. The molecule has 14 heavy (non-hydrogen) atoms. The smallest absolute Gasteiger partial charge is 0.147 e. The van der Waals surface area contributed by atoms with E-state index >= 15 is 0 Å². The lowest BCUT2D eigenvalue weighted by Gasteiger charge is -2.10. The third kappa shape index (κ3) is 3.34. The maximum absolute atomic E-state index is 12.8. The second-order valence-electron chi connectivity index (χ2n) is 3.11. The van der Waals surface area contributed by atoms with Gasteiger partial charge in [0.25, 0.3) is 0 Å². The number of carbonyl (C=O) groups is 1. The summed E-state index contributed by atoms with van der Waals surface area (Å²) in [7, 11) is 0. The average molecular weight is 307 g/mol. The molecule has 0 radical (unpaired) electrons. The summed E-state index contributed by atoms with van der Waals surface area (Å²) >= 11 is 1.94. The number of hydrogen-bond acceptors (Lipinski definition) is 2. The molecular weight excluding hydrogens is 296 g/mol. The van der Waals surface area contributed by atoms with Crippen LogP contribution >= 0.6 is 22.9 Å². The topological polar surface area (TPSA) is 29.1 Å². The first-order chi connectivity index (χ1) is 6.63. The van der Waals surface area contributed by atoms with Gasteiger partial charge in [0.15, 0.2) is 0 Å². The molecule has 0 aromatic heterocycles. The number of halogens is 2. The minimum absolute atomic E-state index is 0.0589. The Hall–Kier alpha value is -0.490. The normalized spacial score (nSPS) is 12.5. The number of hydrogen-bond donors (Lipinski definition) is 1. The molecule has 0 unspecified atom stereocenters. The second-order valence-corrected chi connectivity index (χ2v) is 3.73. The van der Waals surface area contributed by atoms with Crippen molar-refractivity contribution in [2.24, 2.45) is 0 Å². The minimum Gasteiger partial charge on any atom is -0.298 e. The van der Waals surface area contributed by atoms with Crippen LogP contribution in [0.1, 0.15) is 12.5 Å². The van der Waals surface area contributed by atoms with E-state index in [1.54, 1.807) is 6.07 Å². The quantitative estimate of drug-likeness (QED) is 0.683. The Morgan fingerprint density at radius 1 is 1.64 bits per heavy atom. The molecule has 76 valence electrons. The molecule has 0 aliphatic carbocycles. The van der Waals surface area contributed by atoms with Gasteiger partial charge in [-0.2, -0.15) is 0 Å². The molecule has 1 aromatic carbocycles. The molecule has 0 aliphatic heterocycles. The molecule has 0 spiro atoms. The van der Waals surface area contributed by atoms with Crippen LogP contribution in [0.5, 0.6) is 0 Å². The van der Waals surface area contributed by atoms with E-state index in [9.17, 15) is 9.18 Å². The average Bonchev–Trinajstić information content (AvgIpc) is 2.14. The molecule has 4 heteroatoms. The lowest BCUT2D eigenvalue weighted by Crippen LogP contribution is -2.30. The van der Waals surface area contributed by atoms with Gasteiger partial charge >= 0.3 is 0 Å². The van der Waals surface area contributed by atoms with Crippen molar-refractivity contribution in [2.45, 2.75) is 19.4 Å². The molecule has 0 aliphatic rings. The highest BCUT2D eigenvalue weighted by Gasteiger charge is 2.12. The van der Waals surface area contributed by atoms with Crippen LogP contribution in [-0.4, -0.2) is 11.8 Å². The van der Waals surface area contributed by atoms with Gasteiger partial charge in [-0.05, 0) is 31.0 Å². The zero-order valence-electron chi connectivity index (χ0n) is 7.76. The molecule has 2 nitrogen and oxygen atoms in total. The molecule has 1 aromatic rings. The molecule has 0 saturated carbocycles. The van der Waals surface area contributed by atoms with Crippen molar-refractivity contribution in [1.82, 2.24) is 3.53 Å². The van der Waals surface area contributed by atoms with Crippen LogP contribution in [0.15, 0.2) is 24.3 Å². The van der Waals surface area contributed by atoms with Gasteiger partial charge < -0.3 is 0 Å². The molecule has 1 atom stereocenters. The summed E-state index contributed by atoms with van der Waals surface area (Å²) in [5.74, 6) is -0.207. The maximum atomic E-state index is 12.8. The van der Waals surface area contributed by atoms with E-state index in [2.05, 4.69) is 3.53 Å². The van der Waals surface area contributed by atoms with Crippen molar-refractivity contribution in [3.8, 4) is 0 Å². The summed E-state index contributed by atoms with van der Waals surface area (Å²) in [4.78, 5) is 11.1. The van der Waals surface area contributed by atoms with Gasteiger partial charge in [0.1, 0.15) is 11.6 Å². The van der Waals surface area contributed by atoms with E-state index in [1.807, 2.05) is 28.9 Å². The van der Waals surface area contributed by atoms with E-state index in [0.717, 1.165) is 5.56 Å². The second kappa shape index (κ2) is 5.41. The highest BCUT2D eigenvalue weighted by Crippen LogP contribution is 2.07. The van der Waals surface area contributed by atoms with Gasteiger partial charge in [0, 0.05) is 22.9 Å². The van der Waals surface area contributed by atoms with Gasteiger partial charge in [-0.25, -0.2) is 4.39 Å². The molecule has 1 N–H and O–H groups in total. The molecular formula is C10H11FINO. The van der Waals surface area contributed by atoms with Crippen molar-refractivity contribution in [3.05, 3.63) is 35.6 Å². The fraction of sp³-hybridized carbons (Fsp3) is 0.300. The van der Waals surface area contributed by atoms with Crippen LogP contribution in [0.4, 0.5) is 4.39 Å². The maximum Gasteiger partial charge on any atom is 0.147 e. The Kier molecular flexibility index (Phi) is 4.47. The Morgan fingerprint density at radius 3 is 2.86 bits per heavy atom. The SMILES string of the molecule is CC(=O)[C@@H](Cc1cccc(F)c1)NI. The molecule has 0 saturated heterocycles. The summed E-state index contributed by atoms with van der Waals surface area (Å²) in [6, 6.07) is 6.06. The third-order valence-corrected chi connectivity index (χ3v) is 2.70. The predicted octanol–water partition coefficient (Wildman–Crippen LogP) is 2.27. The number of benzene rings is 1. The number of nitrogens with one attached hydrogen (secondary N) is 1. The number of rotatable bonds is 4. The fourth-order valence-electron chi connectivity index (χ4n) is 1.16. The van der Waals surface area contributed by atoms with Gasteiger partial charge in [0.2, 0.25) is 0 Å². The molecule has 1 rings (SSSR count). The minimum atomic E-state index is -0.265. The van der Waals surface area contributed by atoms with Gasteiger partial charge in [-0.15, -0.1) is 0 Å². The summed E-state index contributed by atoms with van der Waals surface area (Å²) in [6.45, 7) is 1.52. The highest BCUT2D eigenvalue weighted by molar-refractivity contribution is 14.1. The number of ketones is 1. The molecule has 0 amide bonds. The van der Waals surface area contributed by atoms with Crippen LogP contribution in [0.3, 0.4) is 0 Å². The van der Waals surface area contributed by atoms with Crippen LogP contribution < -0.4 is 3.53 Å². The van der Waals surface area contributed by atoms with Crippen molar-refractivity contribution in [1.29, 1.82) is 0 Å². The Bertz CT molecular complexity index is 330. The van der Waals surface area contributed by atoms with Crippen molar-refractivity contribution >= 4 is 28.6 Å². The van der Waals surface area contributed by atoms with E-state index in [4.69, 9.17) is 0 Å². The summed E-state index contributed by atoms with van der Waals surface area (Å²) in [5, 5.41) is 0. The van der Waals surface area contributed by atoms with E-state index < -0.39 is 0 Å². The lowest BCUT2D eigenvalue weighted by molar-refractivity contribution is -0.118. The van der Waals surface area contributed by atoms with Crippen molar-refractivity contribution in [2.75, 3.05) is 0 Å². The van der Waals surface area contributed by atoms with Gasteiger partial charge in [0.05, 0.1) is 6.04 Å². The van der Waals surface area contributed by atoms with Crippen LogP contribution in [0.2, 0.25) is 0 Å². The summed E-state index contributed by atoms with van der Waals surface area (Å²) in [6.07, 6.45) is 0.524. The third-order valence-electron chi connectivity index (χ3n) is 1.95. The van der Waals surface area contributed by atoms with Crippen molar-refractivity contribution in [3.63, 3.8) is 0 Å². The zero-order valence-corrected chi connectivity index (χ0v) is 9.92. The summed E-state index contributed by atoms with van der Waals surface area (Å²) in [5.41, 5.74) is 0.828. The Labute approximate surface area is 96.4 Å². The monoisotopic (exact) mass is 307 g/mol. The van der Waals surface area contributed by atoms with Crippen LogP contribution in [0.25, 0.3) is 0 Å². The fourth-order valence-corrected chi connectivity index (χ4v) is 1.82. The van der Waals surface area contributed by atoms with Crippen molar-refractivity contribution < 1.29 is 9.18 Å². The highest BCUT2D eigenvalue weighted by atomic mass is 127. The Balaban J connectivity index is 2.72. The largest absolute Gasteiger partial charge is 0.298 e. The molecule has 0 heterocycles. The van der Waals surface area contributed by atoms with E-state index in [0.29, 0.717) is 6.42 Å². The standard InChI is InChI=1S/C10H11FINO/c1-7(14)10(13-12)6-8-3-2-4-9(11)5-8/h2-5,10,13H,6H2,1H3/t10-/m1/s1. The number of Topliss-reactive ketones (excluding diaryl/α,β-unsaturated/α-hetero) is 1. The first-order valence-corrected chi connectivity index (χ1v) is 5.32. The summed E-state index contributed by atoms with van der Waals surface area (Å²) < 4.78 is 15.7. The zero-order chi connectivity index (χ0) is 10.6. The van der Waals surface area contributed by atoms with Crippen LogP contribution in [-0.2, 0) is 11.2 Å². The van der Waals surface area contributed by atoms with Gasteiger partial charge in [-0.3, -0.25) is 8.32 Å². The Morgan fingerprint density at radius 2 is 2.36 bits per heavy atom. The van der Waals surface area contributed by atoms with E-state index in [1.165, 1.54) is 19.1 Å². The lowest BCUT2D eigenvalue weighted by atomic mass is 10.0. The molecule has 0 fully saturated rings. The first-order valence-electron chi connectivity index (χ1n) is 4.24. The number of carbonyl (C=O) groups excluding carboxylic acids is 1. The van der Waals surface area contributed by atoms with E-state index in [-0.39, 0.29) is 17.6 Å².